The fourth-order valence-electron chi connectivity index (χ4n) is 2.37. The Bertz CT molecular complexity index is 1110. The molecular formula is C21H18N2O5S. The quantitative estimate of drug-likeness (QED) is 0.279. The molecule has 29 heavy (non-hydrogen) atoms. The number of hydrazone groups is 1. The lowest BCUT2D eigenvalue weighted by Gasteiger charge is -2.06. The van der Waals surface area contributed by atoms with Crippen LogP contribution in [0, 0.1) is 0 Å². The molecule has 0 aliphatic carbocycles. The number of benzene rings is 3. The molecule has 7 nitrogen and oxygen atoms in total. The van der Waals surface area contributed by atoms with E-state index in [1.807, 2.05) is 0 Å². The van der Waals surface area contributed by atoms with Gasteiger partial charge in [-0.05, 0) is 54.1 Å². The molecule has 148 valence electrons. The van der Waals surface area contributed by atoms with Gasteiger partial charge in [-0.3, -0.25) is 0 Å². The van der Waals surface area contributed by atoms with Crippen LogP contribution in [0.1, 0.15) is 15.9 Å². The van der Waals surface area contributed by atoms with Crippen LogP contribution in [0.5, 0.6) is 11.5 Å². The van der Waals surface area contributed by atoms with E-state index in [9.17, 15) is 13.2 Å². The second-order valence-corrected chi connectivity index (χ2v) is 7.52. The third kappa shape index (κ3) is 5.43. The Balaban J connectivity index is 1.66. The molecule has 0 aliphatic heterocycles. The summed E-state index contributed by atoms with van der Waals surface area (Å²) in [6.07, 6.45) is 1.32. The van der Waals surface area contributed by atoms with E-state index in [1.165, 1.54) is 18.3 Å². The van der Waals surface area contributed by atoms with Crippen molar-refractivity contribution in [2.45, 2.75) is 4.90 Å². The fourth-order valence-corrected chi connectivity index (χ4v) is 3.19. The molecule has 3 rings (SSSR count). The summed E-state index contributed by atoms with van der Waals surface area (Å²) in [5.74, 6) is 0.421. The highest BCUT2D eigenvalue weighted by molar-refractivity contribution is 7.89. The van der Waals surface area contributed by atoms with Crippen molar-refractivity contribution in [1.29, 1.82) is 0 Å². The Labute approximate surface area is 168 Å². The third-order valence-corrected chi connectivity index (χ3v) is 5.07. The van der Waals surface area contributed by atoms with Crippen LogP contribution in [-0.4, -0.2) is 27.7 Å². The summed E-state index contributed by atoms with van der Waals surface area (Å²) < 4.78 is 34.7. The number of hydrogen-bond donors (Lipinski definition) is 1. The average Bonchev–Trinajstić information content (AvgIpc) is 2.74. The van der Waals surface area contributed by atoms with Crippen molar-refractivity contribution in [2.24, 2.45) is 5.10 Å². The van der Waals surface area contributed by atoms with Crippen molar-refractivity contribution >= 4 is 22.2 Å². The molecule has 0 atom stereocenters. The Kier molecular flexibility index (Phi) is 6.25. The van der Waals surface area contributed by atoms with E-state index >= 15 is 0 Å². The molecule has 0 radical (unpaired) electrons. The number of carbonyl (C=O) groups excluding carboxylic acids is 1. The second kappa shape index (κ2) is 9.03. The number of carbonyl (C=O) groups is 1. The summed E-state index contributed by atoms with van der Waals surface area (Å²) in [5.41, 5.74) is 0.932. The van der Waals surface area contributed by atoms with E-state index in [0.29, 0.717) is 22.6 Å². The highest BCUT2D eigenvalue weighted by Gasteiger charge is 2.11. The van der Waals surface area contributed by atoms with Gasteiger partial charge in [0.05, 0.1) is 23.8 Å². The maximum atomic E-state index is 12.2. The molecule has 0 spiro atoms. The molecule has 3 aromatic carbocycles. The molecular weight excluding hydrogens is 392 g/mol. The number of rotatable bonds is 7. The SMILES string of the molecule is COc1ccc(C(=O)Oc2cccc(C=NNS(=O)(=O)c3ccccc3)c2)cc1. The smallest absolute Gasteiger partial charge is 0.343 e. The first-order valence-electron chi connectivity index (χ1n) is 8.54. The van der Waals surface area contributed by atoms with Crippen LogP contribution in [0.2, 0.25) is 0 Å². The minimum Gasteiger partial charge on any atom is -0.497 e. The highest BCUT2D eigenvalue weighted by Crippen LogP contribution is 2.16. The molecule has 0 saturated heterocycles. The first-order chi connectivity index (χ1) is 14.0. The number of sulfonamides is 1. The summed E-state index contributed by atoms with van der Waals surface area (Å²) in [5, 5.41) is 3.77. The van der Waals surface area contributed by atoms with E-state index in [1.54, 1.807) is 73.8 Å². The Morgan fingerprint density at radius 3 is 2.34 bits per heavy atom. The van der Waals surface area contributed by atoms with Crippen molar-refractivity contribution < 1.29 is 22.7 Å². The third-order valence-electron chi connectivity index (χ3n) is 3.83. The summed E-state index contributed by atoms with van der Waals surface area (Å²) in [7, 11) is -2.20. The minimum atomic E-state index is -3.74. The van der Waals surface area contributed by atoms with Gasteiger partial charge in [-0.25, -0.2) is 9.63 Å². The molecule has 1 N–H and O–H groups in total. The van der Waals surface area contributed by atoms with Crippen molar-refractivity contribution in [3.05, 3.63) is 90.0 Å². The highest BCUT2D eigenvalue weighted by atomic mass is 32.2. The summed E-state index contributed by atoms with van der Waals surface area (Å²) in [6.45, 7) is 0. The zero-order chi connectivity index (χ0) is 20.7. The van der Waals surface area contributed by atoms with Gasteiger partial charge in [0.1, 0.15) is 11.5 Å². The molecule has 8 heteroatoms. The van der Waals surface area contributed by atoms with Gasteiger partial charge in [-0.2, -0.15) is 13.5 Å². The lowest BCUT2D eigenvalue weighted by molar-refractivity contribution is 0.0734. The van der Waals surface area contributed by atoms with Crippen LogP contribution in [0.4, 0.5) is 0 Å². The second-order valence-electron chi connectivity index (χ2n) is 5.86. The van der Waals surface area contributed by atoms with Gasteiger partial charge < -0.3 is 9.47 Å². The first kappa shape index (κ1) is 20.1. The van der Waals surface area contributed by atoms with Crippen molar-refractivity contribution in [2.75, 3.05) is 7.11 Å². The van der Waals surface area contributed by atoms with E-state index in [-0.39, 0.29) is 4.90 Å². The summed E-state index contributed by atoms with van der Waals surface area (Å²) in [4.78, 5) is 14.5. The molecule has 0 saturated carbocycles. The van der Waals surface area contributed by atoms with E-state index < -0.39 is 16.0 Å². The molecule has 0 aliphatic rings. The molecule has 0 amide bonds. The zero-order valence-electron chi connectivity index (χ0n) is 15.5. The number of hydrogen-bond acceptors (Lipinski definition) is 6. The Morgan fingerprint density at radius 1 is 0.931 bits per heavy atom. The molecule has 0 bridgehead atoms. The van der Waals surface area contributed by atoms with E-state index in [0.717, 1.165) is 0 Å². The van der Waals surface area contributed by atoms with Crippen LogP contribution in [0.15, 0.2) is 88.9 Å². The van der Waals surface area contributed by atoms with Crippen LogP contribution in [0.25, 0.3) is 0 Å². The Hall–Kier alpha value is -3.65. The number of esters is 1. The normalized spacial score (nSPS) is 11.2. The predicted octanol–water partition coefficient (Wildman–Crippen LogP) is 3.23. The molecule has 0 unspecified atom stereocenters. The Morgan fingerprint density at radius 2 is 1.66 bits per heavy atom. The summed E-state index contributed by atoms with van der Waals surface area (Å²) in [6, 6.07) is 21.0. The van der Waals surface area contributed by atoms with Crippen LogP contribution in [0.3, 0.4) is 0 Å². The molecule has 0 fully saturated rings. The lowest BCUT2D eigenvalue weighted by atomic mass is 10.2. The van der Waals surface area contributed by atoms with Gasteiger partial charge in [0, 0.05) is 0 Å². The van der Waals surface area contributed by atoms with Gasteiger partial charge in [0.15, 0.2) is 0 Å². The first-order valence-corrected chi connectivity index (χ1v) is 10.0. The number of nitrogens with zero attached hydrogens (tertiary/aromatic N) is 1. The largest absolute Gasteiger partial charge is 0.497 e. The predicted molar refractivity (Wildman–Crippen MR) is 109 cm³/mol. The van der Waals surface area contributed by atoms with E-state index in [4.69, 9.17) is 9.47 Å². The number of ether oxygens (including phenoxy) is 2. The van der Waals surface area contributed by atoms with Crippen LogP contribution >= 0.6 is 0 Å². The lowest BCUT2D eigenvalue weighted by Crippen LogP contribution is -2.18. The van der Waals surface area contributed by atoms with Gasteiger partial charge >= 0.3 is 5.97 Å². The van der Waals surface area contributed by atoms with E-state index in [2.05, 4.69) is 9.93 Å². The summed E-state index contributed by atoms with van der Waals surface area (Å²) >= 11 is 0. The van der Waals surface area contributed by atoms with Gasteiger partial charge in [-0.15, -0.1) is 0 Å². The van der Waals surface area contributed by atoms with Gasteiger partial charge in [0.2, 0.25) is 0 Å². The van der Waals surface area contributed by atoms with Crippen molar-refractivity contribution in [3.8, 4) is 11.5 Å². The number of nitrogens with one attached hydrogen (secondary N) is 1. The average molecular weight is 410 g/mol. The minimum absolute atomic E-state index is 0.110. The molecule has 0 heterocycles. The van der Waals surface area contributed by atoms with Crippen LogP contribution < -0.4 is 14.3 Å². The van der Waals surface area contributed by atoms with Gasteiger partial charge in [0.25, 0.3) is 10.0 Å². The zero-order valence-corrected chi connectivity index (χ0v) is 16.3. The maximum absolute atomic E-state index is 12.2. The monoisotopic (exact) mass is 410 g/mol. The maximum Gasteiger partial charge on any atom is 0.343 e. The molecule has 0 aromatic heterocycles. The van der Waals surface area contributed by atoms with Crippen molar-refractivity contribution in [3.63, 3.8) is 0 Å². The fraction of sp³-hybridized carbons (Fsp3) is 0.0476. The van der Waals surface area contributed by atoms with Gasteiger partial charge in [-0.1, -0.05) is 30.3 Å². The topological polar surface area (TPSA) is 94.1 Å². The molecule has 3 aromatic rings. The number of methoxy groups -OCH3 is 1. The van der Waals surface area contributed by atoms with Crippen molar-refractivity contribution in [1.82, 2.24) is 4.83 Å². The van der Waals surface area contributed by atoms with Crippen LogP contribution in [-0.2, 0) is 10.0 Å². The standard InChI is InChI=1S/C21H18N2O5S/c1-27-18-12-10-17(11-13-18)21(24)28-19-7-5-6-16(14-19)15-22-23-29(25,26)20-8-3-2-4-9-20/h2-15,23H,1H3.